The number of aromatic amines is 1. The molecule has 2 heterocycles. The average Bonchev–Trinajstić information content (AvgIpc) is 2.98. The van der Waals surface area contributed by atoms with Crippen molar-refractivity contribution in [1.82, 2.24) is 20.3 Å². The molecule has 0 aliphatic rings. The van der Waals surface area contributed by atoms with Crippen molar-refractivity contribution >= 4 is 18.9 Å². The number of aliphatic hydroxyl groups is 1. The van der Waals surface area contributed by atoms with Gasteiger partial charge in [0, 0.05) is 18.3 Å². The van der Waals surface area contributed by atoms with Gasteiger partial charge in [-0.1, -0.05) is 13.3 Å². The number of ether oxygens (including phenoxy) is 1. The number of fused-ring (bicyclic) bond motifs is 1. The Morgan fingerprint density at radius 3 is 2.88 bits per heavy atom. The summed E-state index contributed by atoms with van der Waals surface area (Å²) in [6.07, 6.45) is 5.12. The summed E-state index contributed by atoms with van der Waals surface area (Å²) in [7, 11) is -4.57. The number of phosphoric ester groups is 1. The molecule has 0 saturated heterocycles. The molecule has 0 aliphatic carbocycles. The van der Waals surface area contributed by atoms with Crippen LogP contribution >= 0.6 is 7.82 Å². The molecule has 11 heteroatoms. The number of rotatable bonds is 11. The summed E-state index contributed by atoms with van der Waals surface area (Å²) in [5.41, 5.74) is 2.18. The van der Waals surface area contributed by atoms with E-state index in [-0.39, 0.29) is 13.2 Å². The minimum absolute atomic E-state index is 0.316. The van der Waals surface area contributed by atoms with E-state index >= 15 is 0 Å². The van der Waals surface area contributed by atoms with Gasteiger partial charge in [0.15, 0.2) is 0 Å². The third kappa shape index (κ3) is 6.03. The smallest absolute Gasteiger partial charge is 0.469 e. The van der Waals surface area contributed by atoms with E-state index in [2.05, 4.69) is 31.7 Å². The highest BCUT2D eigenvalue weighted by Crippen LogP contribution is 2.35. The number of hydrogen-bond donors (Lipinski definition) is 5. The number of H-pyrrole nitrogens is 1. The van der Waals surface area contributed by atoms with Gasteiger partial charge < -0.3 is 29.9 Å². The summed E-state index contributed by atoms with van der Waals surface area (Å²) in [5.74, 6) is 0.480. The second-order valence-electron chi connectivity index (χ2n) is 5.47. The van der Waals surface area contributed by atoms with Gasteiger partial charge in [0.25, 0.3) is 0 Å². The quantitative estimate of drug-likeness (QED) is 0.283. The van der Waals surface area contributed by atoms with E-state index in [0.29, 0.717) is 30.1 Å². The Labute approximate surface area is 144 Å². The Hall–Kier alpha value is -1.55. The minimum atomic E-state index is -4.57. The third-order valence-electron chi connectivity index (χ3n) is 3.49. The highest BCUT2D eigenvalue weighted by atomic mass is 31.2. The first-order valence-electron chi connectivity index (χ1n) is 7.92. The van der Waals surface area contributed by atoms with E-state index in [1.54, 1.807) is 6.20 Å². The molecular weight excluding hydrogens is 351 g/mol. The van der Waals surface area contributed by atoms with Crippen LogP contribution in [0.15, 0.2) is 12.5 Å². The number of unbranched alkanes of at least 4 members (excludes halogenated alkanes) is 1. The number of aromatic nitrogens is 3. The van der Waals surface area contributed by atoms with Crippen LogP contribution in [0.1, 0.15) is 25.3 Å². The Morgan fingerprint density at radius 2 is 2.20 bits per heavy atom. The van der Waals surface area contributed by atoms with Crippen molar-refractivity contribution < 1.29 is 28.7 Å². The van der Waals surface area contributed by atoms with E-state index in [4.69, 9.17) is 14.5 Å². The predicted molar refractivity (Wildman–Crippen MR) is 90.0 cm³/mol. The molecule has 0 fully saturated rings. The van der Waals surface area contributed by atoms with Gasteiger partial charge in [0.1, 0.15) is 11.8 Å². The van der Waals surface area contributed by atoms with Crippen LogP contribution in [0.2, 0.25) is 0 Å². The average molecular weight is 374 g/mol. The molecule has 2 aromatic heterocycles. The van der Waals surface area contributed by atoms with Crippen LogP contribution in [0, 0.1) is 0 Å². The van der Waals surface area contributed by atoms with Gasteiger partial charge >= 0.3 is 7.82 Å². The van der Waals surface area contributed by atoms with Crippen LogP contribution < -0.4 is 10.1 Å². The van der Waals surface area contributed by atoms with Crippen molar-refractivity contribution in [3.05, 3.63) is 18.1 Å². The molecule has 25 heavy (non-hydrogen) atoms. The zero-order valence-corrected chi connectivity index (χ0v) is 14.8. The van der Waals surface area contributed by atoms with E-state index in [1.807, 2.05) is 0 Å². The van der Waals surface area contributed by atoms with E-state index in [0.717, 1.165) is 18.4 Å². The molecule has 0 aliphatic heterocycles. The molecule has 0 bridgehead atoms. The van der Waals surface area contributed by atoms with Crippen molar-refractivity contribution in [2.45, 2.75) is 32.4 Å². The molecular formula is C14H23N4O6P. The van der Waals surface area contributed by atoms with Crippen LogP contribution in [0.4, 0.5) is 0 Å². The van der Waals surface area contributed by atoms with Gasteiger partial charge in [-0.15, -0.1) is 0 Å². The number of aliphatic hydroxyl groups excluding tert-OH is 1. The van der Waals surface area contributed by atoms with Gasteiger partial charge in [0.05, 0.1) is 31.4 Å². The van der Waals surface area contributed by atoms with E-state index < -0.39 is 13.9 Å². The van der Waals surface area contributed by atoms with Crippen LogP contribution in [-0.4, -0.2) is 55.7 Å². The van der Waals surface area contributed by atoms with Crippen LogP contribution in [-0.2, 0) is 15.6 Å². The van der Waals surface area contributed by atoms with Crippen molar-refractivity contribution in [3.63, 3.8) is 0 Å². The molecule has 2 rings (SSSR count). The van der Waals surface area contributed by atoms with E-state index in [1.165, 1.54) is 6.33 Å². The van der Waals surface area contributed by atoms with E-state index in [9.17, 15) is 9.67 Å². The maximum absolute atomic E-state index is 10.7. The molecule has 1 unspecified atom stereocenters. The molecule has 1 atom stereocenters. The van der Waals surface area contributed by atoms with Gasteiger partial charge in [-0.3, -0.25) is 4.52 Å². The van der Waals surface area contributed by atoms with Crippen molar-refractivity contribution in [1.29, 1.82) is 0 Å². The highest BCUT2D eigenvalue weighted by molar-refractivity contribution is 7.46. The zero-order valence-electron chi connectivity index (χ0n) is 13.9. The second kappa shape index (κ2) is 9.23. The third-order valence-corrected chi connectivity index (χ3v) is 3.97. The number of phosphoric acid groups is 1. The molecule has 0 radical (unpaired) electrons. The SMILES string of the molecule is CCCCOc1ncnc2c(CNC(CO)COP(=O)(O)O)c[nH]c12. The van der Waals surface area contributed by atoms with Crippen molar-refractivity contribution in [2.75, 3.05) is 19.8 Å². The maximum Gasteiger partial charge on any atom is 0.469 e. The lowest BCUT2D eigenvalue weighted by atomic mass is 10.2. The fraction of sp³-hybridized carbons (Fsp3) is 0.571. The molecule has 0 amide bonds. The summed E-state index contributed by atoms with van der Waals surface area (Å²) >= 11 is 0. The largest absolute Gasteiger partial charge is 0.476 e. The summed E-state index contributed by atoms with van der Waals surface area (Å²) in [4.78, 5) is 28.9. The Balaban J connectivity index is 2.01. The first-order chi connectivity index (χ1) is 11.9. The normalized spacial score (nSPS) is 13.3. The fourth-order valence-corrected chi connectivity index (χ4v) is 2.52. The van der Waals surface area contributed by atoms with Gasteiger partial charge in [-0.25, -0.2) is 9.55 Å². The van der Waals surface area contributed by atoms with Crippen LogP contribution in [0.25, 0.3) is 11.0 Å². The molecule has 0 aromatic carbocycles. The first kappa shape index (κ1) is 19.8. The van der Waals surface area contributed by atoms with Gasteiger partial charge in [0.2, 0.25) is 5.88 Å². The Morgan fingerprint density at radius 1 is 1.40 bits per heavy atom. The molecule has 0 spiro atoms. The summed E-state index contributed by atoms with van der Waals surface area (Å²) in [6.45, 7) is 2.32. The highest BCUT2D eigenvalue weighted by Gasteiger charge is 2.18. The standard InChI is InChI=1S/C14H23N4O6P/c1-2-3-4-23-14-13-12(17-9-18-14)10(6-16-13)5-15-11(7-19)8-24-25(20,21)22/h6,9,11,15-16,19H,2-5,7-8H2,1H3,(H2,20,21,22). The molecule has 140 valence electrons. The number of nitrogens with one attached hydrogen (secondary N) is 2. The van der Waals surface area contributed by atoms with Crippen LogP contribution in [0.3, 0.4) is 0 Å². The Bertz CT molecular complexity index is 718. The zero-order chi connectivity index (χ0) is 18.3. The summed E-state index contributed by atoms with van der Waals surface area (Å²) in [5, 5.41) is 12.2. The lowest BCUT2D eigenvalue weighted by molar-refractivity contribution is 0.145. The number of hydrogen-bond acceptors (Lipinski definition) is 7. The van der Waals surface area contributed by atoms with Gasteiger partial charge in [-0.2, -0.15) is 4.98 Å². The maximum atomic E-state index is 10.7. The topological polar surface area (TPSA) is 150 Å². The lowest BCUT2D eigenvalue weighted by Gasteiger charge is -2.16. The summed E-state index contributed by atoms with van der Waals surface area (Å²) < 4.78 is 20.8. The fourth-order valence-electron chi connectivity index (χ4n) is 2.15. The molecule has 2 aromatic rings. The van der Waals surface area contributed by atoms with Crippen molar-refractivity contribution in [2.24, 2.45) is 0 Å². The lowest BCUT2D eigenvalue weighted by Crippen LogP contribution is -2.35. The van der Waals surface area contributed by atoms with Crippen molar-refractivity contribution in [3.8, 4) is 5.88 Å². The molecule has 0 saturated carbocycles. The summed E-state index contributed by atoms with van der Waals surface area (Å²) in [6, 6.07) is -0.625. The number of nitrogens with zero attached hydrogens (tertiary/aromatic N) is 2. The van der Waals surface area contributed by atoms with Crippen LogP contribution in [0.5, 0.6) is 5.88 Å². The first-order valence-corrected chi connectivity index (χ1v) is 9.45. The minimum Gasteiger partial charge on any atom is -0.476 e. The second-order valence-corrected chi connectivity index (χ2v) is 6.70. The van der Waals surface area contributed by atoms with Gasteiger partial charge in [-0.05, 0) is 6.42 Å². The monoisotopic (exact) mass is 374 g/mol. The Kier molecular flexibility index (Phi) is 7.30. The predicted octanol–water partition coefficient (Wildman–Crippen LogP) is 0.697. The molecule has 5 N–H and O–H groups in total. The molecule has 10 nitrogen and oxygen atoms in total.